The van der Waals surface area contributed by atoms with E-state index in [1.807, 2.05) is 6.07 Å². The molecule has 1 aliphatic carbocycles. The lowest BCUT2D eigenvalue weighted by Gasteiger charge is -2.21. The van der Waals surface area contributed by atoms with E-state index in [0.717, 1.165) is 18.2 Å². The lowest BCUT2D eigenvalue weighted by molar-refractivity contribution is 0.313. The molecule has 1 heterocycles. The van der Waals surface area contributed by atoms with E-state index in [0.29, 0.717) is 11.8 Å². The van der Waals surface area contributed by atoms with Gasteiger partial charge < -0.3 is 10.1 Å². The Bertz CT molecular complexity index is 476. The van der Waals surface area contributed by atoms with E-state index in [9.17, 15) is 4.39 Å². The number of hydrogen-bond donors (Lipinski definition) is 1. The Balaban J connectivity index is 1.59. The molecular formula is C16H23FN2O. The number of benzene rings is 1. The van der Waals surface area contributed by atoms with Crippen molar-refractivity contribution in [2.24, 2.45) is 0 Å². The summed E-state index contributed by atoms with van der Waals surface area (Å²) < 4.78 is 18.5. The summed E-state index contributed by atoms with van der Waals surface area (Å²) in [6.45, 7) is 4.49. The largest absolute Gasteiger partial charge is 0.494 e. The van der Waals surface area contributed by atoms with Crippen LogP contribution in [0.3, 0.4) is 0 Å². The van der Waals surface area contributed by atoms with Crippen LogP contribution in [0.4, 0.5) is 4.39 Å². The number of ether oxygens (including phenoxy) is 1. The molecule has 2 aliphatic rings. The molecule has 0 spiro atoms. The number of hydrogen-bond acceptors (Lipinski definition) is 3. The van der Waals surface area contributed by atoms with Crippen LogP contribution >= 0.6 is 0 Å². The maximum absolute atomic E-state index is 13.4. The van der Waals surface area contributed by atoms with Crippen LogP contribution < -0.4 is 10.1 Å². The molecule has 2 atom stereocenters. The van der Waals surface area contributed by atoms with E-state index in [1.165, 1.54) is 39.0 Å². The summed E-state index contributed by atoms with van der Waals surface area (Å²) in [6, 6.07) is 6.72. The lowest BCUT2D eigenvalue weighted by Crippen LogP contribution is -2.35. The van der Waals surface area contributed by atoms with Crippen molar-refractivity contribution in [1.82, 2.24) is 10.2 Å². The average molecular weight is 278 g/mol. The molecule has 3 nitrogen and oxygen atoms in total. The first-order valence-corrected chi connectivity index (χ1v) is 7.51. The van der Waals surface area contributed by atoms with Crippen LogP contribution in [-0.2, 0) is 0 Å². The molecule has 1 aromatic carbocycles. The Morgan fingerprint density at radius 3 is 2.85 bits per heavy atom. The van der Waals surface area contributed by atoms with Gasteiger partial charge in [-0.05, 0) is 43.9 Å². The Morgan fingerprint density at radius 2 is 2.15 bits per heavy atom. The fourth-order valence-corrected chi connectivity index (χ4v) is 3.09. The second-order valence-electron chi connectivity index (χ2n) is 5.99. The summed E-state index contributed by atoms with van der Waals surface area (Å²) in [6.07, 6.45) is 3.95. The zero-order chi connectivity index (χ0) is 14.1. The van der Waals surface area contributed by atoms with Crippen molar-refractivity contribution < 1.29 is 9.13 Å². The van der Waals surface area contributed by atoms with Crippen molar-refractivity contribution in [1.29, 1.82) is 0 Å². The highest BCUT2D eigenvalue weighted by atomic mass is 19.1. The van der Waals surface area contributed by atoms with Gasteiger partial charge in [0, 0.05) is 31.2 Å². The van der Waals surface area contributed by atoms with Gasteiger partial charge in [0.15, 0.2) is 11.6 Å². The van der Waals surface area contributed by atoms with Gasteiger partial charge in [-0.1, -0.05) is 6.07 Å². The predicted molar refractivity (Wildman–Crippen MR) is 77.5 cm³/mol. The maximum Gasteiger partial charge on any atom is 0.165 e. The normalized spacial score (nSPS) is 24.9. The number of likely N-dealkylation sites (tertiary alicyclic amines) is 1. The number of halogens is 1. The van der Waals surface area contributed by atoms with Crippen LogP contribution in [0.5, 0.6) is 5.75 Å². The molecule has 3 rings (SSSR count). The number of rotatable bonds is 5. The van der Waals surface area contributed by atoms with Gasteiger partial charge in [-0.2, -0.15) is 0 Å². The first-order valence-electron chi connectivity index (χ1n) is 7.51. The molecule has 0 bridgehead atoms. The zero-order valence-corrected chi connectivity index (χ0v) is 12.2. The first kappa shape index (κ1) is 13.8. The first-order chi connectivity index (χ1) is 9.67. The quantitative estimate of drug-likeness (QED) is 0.896. The van der Waals surface area contributed by atoms with Crippen molar-refractivity contribution in [3.63, 3.8) is 0 Å². The van der Waals surface area contributed by atoms with Crippen molar-refractivity contribution in [2.75, 3.05) is 20.2 Å². The van der Waals surface area contributed by atoms with E-state index < -0.39 is 0 Å². The summed E-state index contributed by atoms with van der Waals surface area (Å²) in [7, 11) is 1.50. The van der Waals surface area contributed by atoms with Crippen molar-refractivity contribution >= 4 is 0 Å². The Hall–Kier alpha value is -1.13. The molecule has 1 aliphatic heterocycles. The molecule has 20 heavy (non-hydrogen) atoms. The standard InChI is InChI=1S/C16H23FN2O/c1-11(12-3-6-15(17)16(9-12)20-2)18-13-7-8-19(10-13)14-4-5-14/h3,6,9,11,13-14,18H,4-5,7-8,10H2,1-2H3. The molecule has 1 saturated heterocycles. The Morgan fingerprint density at radius 1 is 1.35 bits per heavy atom. The molecule has 0 amide bonds. The molecule has 2 fully saturated rings. The molecular weight excluding hydrogens is 255 g/mol. The summed E-state index contributed by atoms with van der Waals surface area (Å²) >= 11 is 0. The predicted octanol–water partition coefficient (Wildman–Crippen LogP) is 2.72. The SMILES string of the molecule is COc1cc(C(C)NC2CCN(C3CC3)C2)ccc1F. The minimum absolute atomic E-state index is 0.216. The lowest BCUT2D eigenvalue weighted by atomic mass is 10.1. The van der Waals surface area contributed by atoms with Crippen molar-refractivity contribution in [3.05, 3.63) is 29.6 Å². The number of nitrogens with zero attached hydrogens (tertiary/aromatic N) is 1. The van der Waals surface area contributed by atoms with Crippen molar-refractivity contribution in [2.45, 2.75) is 44.3 Å². The van der Waals surface area contributed by atoms with Crippen LogP contribution in [0.15, 0.2) is 18.2 Å². The molecule has 1 N–H and O–H groups in total. The van der Waals surface area contributed by atoms with Gasteiger partial charge in [0.2, 0.25) is 0 Å². The molecule has 4 heteroatoms. The maximum atomic E-state index is 13.4. The third-order valence-corrected chi connectivity index (χ3v) is 4.44. The number of nitrogens with one attached hydrogen (secondary N) is 1. The molecule has 2 unspecified atom stereocenters. The number of methoxy groups -OCH3 is 1. The fourth-order valence-electron chi connectivity index (χ4n) is 3.09. The van der Waals surface area contributed by atoms with E-state index in [4.69, 9.17) is 4.74 Å². The third-order valence-electron chi connectivity index (χ3n) is 4.44. The van der Waals surface area contributed by atoms with Gasteiger partial charge in [-0.3, -0.25) is 4.90 Å². The minimum Gasteiger partial charge on any atom is -0.494 e. The Labute approximate surface area is 120 Å². The van der Waals surface area contributed by atoms with Crippen LogP contribution in [0.1, 0.15) is 37.8 Å². The highest BCUT2D eigenvalue weighted by molar-refractivity contribution is 5.32. The fraction of sp³-hybridized carbons (Fsp3) is 0.625. The topological polar surface area (TPSA) is 24.5 Å². The molecule has 0 aromatic heterocycles. The van der Waals surface area contributed by atoms with E-state index in [2.05, 4.69) is 17.1 Å². The van der Waals surface area contributed by atoms with Crippen LogP contribution in [0, 0.1) is 5.82 Å². The van der Waals surface area contributed by atoms with Crippen LogP contribution in [0.2, 0.25) is 0 Å². The van der Waals surface area contributed by atoms with Gasteiger partial charge in [-0.15, -0.1) is 0 Å². The van der Waals surface area contributed by atoms with E-state index in [1.54, 1.807) is 6.07 Å². The van der Waals surface area contributed by atoms with Crippen LogP contribution in [0.25, 0.3) is 0 Å². The van der Waals surface area contributed by atoms with E-state index >= 15 is 0 Å². The van der Waals surface area contributed by atoms with E-state index in [-0.39, 0.29) is 11.9 Å². The van der Waals surface area contributed by atoms with Gasteiger partial charge in [0.1, 0.15) is 0 Å². The van der Waals surface area contributed by atoms with Gasteiger partial charge in [0.25, 0.3) is 0 Å². The zero-order valence-electron chi connectivity index (χ0n) is 12.2. The van der Waals surface area contributed by atoms with Gasteiger partial charge in [0.05, 0.1) is 7.11 Å². The van der Waals surface area contributed by atoms with Crippen LogP contribution in [-0.4, -0.2) is 37.2 Å². The summed E-state index contributed by atoms with van der Waals surface area (Å²) in [4.78, 5) is 2.59. The van der Waals surface area contributed by atoms with Gasteiger partial charge in [-0.25, -0.2) is 4.39 Å². The van der Waals surface area contributed by atoms with Crippen molar-refractivity contribution in [3.8, 4) is 5.75 Å². The summed E-state index contributed by atoms with van der Waals surface area (Å²) in [5.41, 5.74) is 1.08. The monoisotopic (exact) mass is 278 g/mol. The highest BCUT2D eigenvalue weighted by Gasteiger charge is 2.34. The highest BCUT2D eigenvalue weighted by Crippen LogP contribution is 2.30. The summed E-state index contributed by atoms with van der Waals surface area (Å²) in [5, 5.41) is 3.66. The average Bonchev–Trinajstić information content (AvgIpc) is 3.20. The second-order valence-corrected chi connectivity index (χ2v) is 5.99. The molecule has 0 radical (unpaired) electrons. The second kappa shape index (κ2) is 5.70. The van der Waals surface area contributed by atoms with Gasteiger partial charge >= 0.3 is 0 Å². The summed E-state index contributed by atoms with van der Waals surface area (Å²) in [5.74, 6) is 0.0198. The Kier molecular flexibility index (Phi) is 3.94. The smallest absolute Gasteiger partial charge is 0.165 e. The molecule has 1 aromatic rings. The minimum atomic E-state index is -0.302. The molecule has 1 saturated carbocycles. The third kappa shape index (κ3) is 2.96. The molecule has 110 valence electrons.